The minimum Gasteiger partial charge on any atom is -0.376 e. The van der Waals surface area contributed by atoms with E-state index in [0.29, 0.717) is 0 Å². The number of hydrogen-bond acceptors (Lipinski definition) is 2. The highest BCUT2D eigenvalue weighted by molar-refractivity contribution is 5.76. The van der Waals surface area contributed by atoms with E-state index < -0.39 is 0 Å². The Hall–Kier alpha value is -2.29. The van der Waals surface area contributed by atoms with Crippen LogP contribution >= 0.6 is 0 Å². The van der Waals surface area contributed by atoms with E-state index in [4.69, 9.17) is 0 Å². The Bertz CT molecular complexity index is 722. The van der Waals surface area contributed by atoms with Gasteiger partial charge in [-0.05, 0) is 26.3 Å². The second kappa shape index (κ2) is 5.84. The largest absolute Gasteiger partial charge is 0.376 e. The maximum Gasteiger partial charge on any atom is 0.0743 e. The second-order valence-corrected chi connectivity index (χ2v) is 6.17. The third-order valence-corrected chi connectivity index (χ3v) is 4.26. The molecule has 0 amide bonds. The van der Waals surface area contributed by atoms with Crippen LogP contribution in [0.15, 0.2) is 54.4 Å². The molecule has 2 heterocycles. The van der Waals surface area contributed by atoms with Crippen LogP contribution in [0.25, 0.3) is 5.57 Å². The van der Waals surface area contributed by atoms with Gasteiger partial charge in [0.2, 0.25) is 0 Å². The van der Waals surface area contributed by atoms with Crippen molar-refractivity contribution in [3.63, 3.8) is 0 Å². The lowest BCUT2D eigenvalue weighted by Gasteiger charge is -2.21. The molecule has 3 nitrogen and oxygen atoms in total. The molecule has 0 aliphatic carbocycles. The molecule has 0 N–H and O–H groups in total. The minimum absolute atomic E-state index is 0.238. The van der Waals surface area contributed by atoms with Gasteiger partial charge in [0.1, 0.15) is 0 Å². The second-order valence-electron chi connectivity index (χ2n) is 6.17. The Balaban J connectivity index is 1.96. The van der Waals surface area contributed by atoms with Gasteiger partial charge >= 0.3 is 0 Å². The standard InChI is InChI=1S/C19H23N3/c1-14-10-18(13-21(4)12-14)19-11-20-22(16(19)3)15(2)17-8-6-5-7-9-17/h5-11,13,15H,12H2,1-4H3. The quantitative estimate of drug-likeness (QED) is 0.852. The molecule has 1 aliphatic rings. The summed E-state index contributed by atoms with van der Waals surface area (Å²) in [5.74, 6) is 0. The van der Waals surface area contributed by atoms with Crippen molar-refractivity contribution in [1.82, 2.24) is 14.7 Å². The van der Waals surface area contributed by atoms with Crippen LogP contribution in [0.1, 0.15) is 36.7 Å². The molecule has 0 fully saturated rings. The number of nitrogens with zero attached hydrogens (tertiary/aromatic N) is 3. The van der Waals surface area contributed by atoms with E-state index >= 15 is 0 Å². The summed E-state index contributed by atoms with van der Waals surface area (Å²) in [6.07, 6.45) is 6.46. The lowest BCUT2D eigenvalue weighted by atomic mass is 10.0. The van der Waals surface area contributed by atoms with E-state index in [1.807, 2.05) is 12.3 Å². The molecule has 3 rings (SSSR count). The molecule has 0 saturated carbocycles. The fraction of sp³-hybridized carbons (Fsp3) is 0.316. The van der Waals surface area contributed by atoms with Gasteiger partial charge in [0.05, 0.1) is 12.2 Å². The third-order valence-electron chi connectivity index (χ3n) is 4.26. The molecule has 1 atom stereocenters. The van der Waals surface area contributed by atoms with E-state index in [0.717, 1.165) is 6.54 Å². The summed E-state index contributed by atoms with van der Waals surface area (Å²) in [6.45, 7) is 7.52. The van der Waals surface area contributed by atoms with Crippen molar-refractivity contribution in [2.45, 2.75) is 26.8 Å². The molecule has 1 aromatic heterocycles. The molecule has 0 bridgehead atoms. The first-order valence-corrected chi connectivity index (χ1v) is 7.75. The fourth-order valence-corrected chi connectivity index (χ4v) is 3.14. The van der Waals surface area contributed by atoms with E-state index in [-0.39, 0.29) is 6.04 Å². The van der Waals surface area contributed by atoms with Crippen LogP contribution in [0.4, 0.5) is 0 Å². The number of aromatic nitrogens is 2. The first-order valence-electron chi connectivity index (χ1n) is 7.75. The summed E-state index contributed by atoms with van der Waals surface area (Å²) < 4.78 is 2.11. The van der Waals surface area contributed by atoms with Crippen molar-refractivity contribution in [2.75, 3.05) is 13.6 Å². The van der Waals surface area contributed by atoms with Crippen LogP contribution in [-0.2, 0) is 0 Å². The lowest BCUT2D eigenvalue weighted by molar-refractivity contribution is 0.493. The Labute approximate surface area is 132 Å². The zero-order valence-electron chi connectivity index (χ0n) is 13.7. The Morgan fingerprint density at radius 2 is 1.86 bits per heavy atom. The van der Waals surface area contributed by atoms with Gasteiger partial charge in [-0.25, -0.2) is 0 Å². The van der Waals surface area contributed by atoms with Crippen molar-refractivity contribution < 1.29 is 0 Å². The number of benzene rings is 1. The van der Waals surface area contributed by atoms with Crippen molar-refractivity contribution >= 4 is 5.57 Å². The Kier molecular flexibility index (Phi) is 3.88. The summed E-state index contributed by atoms with van der Waals surface area (Å²) >= 11 is 0. The molecule has 1 unspecified atom stereocenters. The zero-order valence-corrected chi connectivity index (χ0v) is 13.7. The monoisotopic (exact) mass is 293 g/mol. The van der Waals surface area contributed by atoms with Crippen LogP contribution in [0.3, 0.4) is 0 Å². The normalized spacial score (nSPS) is 16.3. The highest BCUT2D eigenvalue weighted by Gasteiger charge is 2.17. The van der Waals surface area contributed by atoms with E-state index in [2.05, 4.69) is 79.0 Å². The average molecular weight is 293 g/mol. The summed E-state index contributed by atoms with van der Waals surface area (Å²) in [7, 11) is 2.11. The highest BCUT2D eigenvalue weighted by Crippen LogP contribution is 2.27. The van der Waals surface area contributed by atoms with Crippen LogP contribution < -0.4 is 0 Å². The van der Waals surface area contributed by atoms with Crippen LogP contribution in [-0.4, -0.2) is 28.3 Å². The maximum absolute atomic E-state index is 4.65. The Morgan fingerprint density at radius 3 is 2.55 bits per heavy atom. The molecule has 0 saturated heterocycles. The number of likely N-dealkylation sites (N-methyl/N-ethyl adjacent to an activating group) is 1. The molecule has 1 aliphatic heterocycles. The molecule has 1 aromatic carbocycles. The first kappa shape index (κ1) is 14.6. The molecular formula is C19H23N3. The van der Waals surface area contributed by atoms with Gasteiger partial charge in [0, 0.05) is 36.6 Å². The Morgan fingerprint density at radius 1 is 1.14 bits per heavy atom. The van der Waals surface area contributed by atoms with Crippen molar-refractivity contribution in [1.29, 1.82) is 0 Å². The SMILES string of the molecule is CC1=CC(c2cnn(C(C)c3ccccc3)c2C)=CN(C)C1. The topological polar surface area (TPSA) is 21.1 Å². The molecule has 2 aromatic rings. The van der Waals surface area contributed by atoms with Gasteiger partial charge in [-0.3, -0.25) is 4.68 Å². The van der Waals surface area contributed by atoms with Gasteiger partial charge in [-0.15, -0.1) is 0 Å². The van der Waals surface area contributed by atoms with Crippen LogP contribution in [0.5, 0.6) is 0 Å². The van der Waals surface area contributed by atoms with Crippen molar-refractivity contribution in [3.05, 3.63) is 71.2 Å². The van der Waals surface area contributed by atoms with E-state index in [1.165, 1.54) is 28.0 Å². The number of allylic oxidation sites excluding steroid dienone is 2. The predicted octanol–water partition coefficient (Wildman–Crippen LogP) is 4.03. The number of rotatable bonds is 3. The first-order chi connectivity index (χ1) is 10.6. The van der Waals surface area contributed by atoms with Gasteiger partial charge in [-0.2, -0.15) is 5.10 Å². The minimum atomic E-state index is 0.238. The smallest absolute Gasteiger partial charge is 0.0743 e. The summed E-state index contributed by atoms with van der Waals surface area (Å²) in [6, 6.07) is 10.8. The third kappa shape index (κ3) is 2.71. The summed E-state index contributed by atoms with van der Waals surface area (Å²) in [5.41, 5.74) is 6.33. The van der Waals surface area contributed by atoms with E-state index in [9.17, 15) is 0 Å². The van der Waals surface area contributed by atoms with Crippen molar-refractivity contribution in [2.24, 2.45) is 0 Å². The molecule has 22 heavy (non-hydrogen) atoms. The van der Waals surface area contributed by atoms with E-state index in [1.54, 1.807) is 0 Å². The summed E-state index contributed by atoms with van der Waals surface area (Å²) in [5, 5.41) is 4.65. The lowest BCUT2D eigenvalue weighted by Crippen LogP contribution is -2.17. The molecule has 0 radical (unpaired) electrons. The van der Waals surface area contributed by atoms with Gasteiger partial charge in [-0.1, -0.05) is 42.0 Å². The summed E-state index contributed by atoms with van der Waals surface area (Å²) in [4.78, 5) is 2.22. The maximum atomic E-state index is 4.65. The predicted molar refractivity (Wildman–Crippen MR) is 91.6 cm³/mol. The van der Waals surface area contributed by atoms with Gasteiger partial charge in [0.25, 0.3) is 0 Å². The average Bonchev–Trinajstić information content (AvgIpc) is 2.88. The number of hydrogen-bond donors (Lipinski definition) is 0. The molecule has 114 valence electrons. The van der Waals surface area contributed by atoms with Crippen LogP contribution in [0.2, 0.25) is 0 Å². The van der Waals surface area contributed by atoms with Crippen molar-refractivity contribution in [3.8, 4) is 0 Å². The van der Waals surface area contributed by atoms with Crippen LogP contribution in [0, 0.1) is 6.92 Å². The fourth-order valence-electron chi connectivity index (χ4n) is 3.14. The van der Waals surface area contributed by atoms with Gasteiger partial charge in [0.15, 0.2) is 0 Å². The zero-order chi connectivity index (χ0) is 15.7. The molecular weight excluding hydrogens is 270 g/mol. The van der Waals surface area contributed by atoms with Gasteiger partial charge < -0.3 is 4.90 Å². The molecule has 3 heteroatoms. The molecule has 0 spiro atoms. The highest BCUT2D eigenvalue weighted by atomic mass is 15.3.